The summed E-state index contributed by atoms with van der Waals surface area (Å²) in [6.07, 6.45) is 0. The van der Waals surface area contributed by atoms with Crippen LogP contribution in [0, 0.1) is 0 Å². The van der Waals surface area contributed by atoms with E-state index in [2.05, 4.69) is 39.3 Å². The Morgan fingerprint density at radius 1 is 0.815 bits per heavy atom. The van der Waals surface area contributed by atoms with Gasteiger partial charge < -0.3 is 5.11 Å². The summed E-state index contributed by atoms with van der Waals surface area (Å²) in [6, 6.07) is 19.4. The molecule has 3 atom stereocenters. The lowest BCUT2D eigenvalue weighted by atomic mass is 9.98. The molecule has 0 bridgehead atoms. The molecule has 1 heterocycles. The Labute approximate surface area is 165 Å². The first-order valence-corrected chi connectivity index (χ1v) is 16.8. The average molecular weight is 398 g/mol. The second-order valence-electron chi connectivity index (χ2n) is 9.79. The molecule has 1 aliphatic heterocycles. The molecule has 0 radical (unpaired) electrons. The summed E-state index contributed by atoms with van der Waals surface area (Å²) in [6.45, 7) is 13.6. The second kappa shape index (κ2) is 6.72. The maximum absolute atomic E-state index is 13.8. The first kappa shape index (κ1) is 20.0. The van der Waals surface area contributed by atoms with Crippen molar-refractivity contribution in [3.8, 4) is 0 Å². The molecule has 2 aromatic rings. The first-order chi connectivity index (χ1) is 12.5. The Bertz CT molecular complexity index is 812. The molecule has 27 heavy (non-hydrogen) atoms. The highest BCUT2D eigenvalue weighted by atomic mass is 28.3. The monoisotopic (exact) mass is 397 g/mol. The first-order valence-electron chi connectivity index (χ1n) is 9.66. The molecular formula is C22H31NO2Si2. The van der Waals surface area contributed by atoms with Gasteiger partial charge in [-0.3, -0.25) is 9.69 Å². The predicted molar refractivity (Wildman–Crippen MR) is 118 cm³/mol. The van der Waals surface area contributed by atoms with Crippen molar-refractivity contribution >= 4 is 27.7 Å². The molecule has 0 aromatic heterocycles. The van der Waals surface area contributed by atoms with E-state index in [0.717, 1.165) is 11.3 Å². The van der Waals surface area contributed by atoms with E-state index in [-0.39, 0.29) is 17.0 Å². The van der Waals surface area contributed by atoms with Gasteiger partial charge in [0, 0.05) is 22.3 Å². The number of amides is 1. The molecule has 0 aliphatic carbocycles. The highest BCUT2D eigenvalue weighted by Crippen LogP contribution is 2.60. The molecule has 1 fully saturated rings. The number of anilines is 1. The van der Waals surface area contributed by atoms with Crippen LogP contribution in [0.2, 0.25) is 50.4 Å². The Balaban J connectivity index is 2.33. The van der Waals surface area contributed by atoms with Gasteiger partial charge in [-0.2, -0.15) is 0 Å². The van der Waals surface area contributed by atoms with Crippen molar-refractivity contribution in [1.82, 2.24) is 0 Å². The van der Waals surface area contributed by atoms with Crippen LogP contribution in [-0.4, -0.2) is 27.2 Å². The van der Waals surface area contributed by atoms with Crippen LogP contribution in [-0.2, 0) is 10.5 Å². The van der Waals surface area contributed by atoms with Crippen molar-refractivity contribution in [3.05, 3.63) is 66.2 Å². The molecule has 2 aromatic carbocycles. The van der Waals surface area contributed by atoms with E-state index in [1.165, 1.54) is 0 Å². The van der Waals surface area contributed by atoms with Gasteiger partial charge in [-0.15, -0.1) is 0 Å². The summed E-state index contributed by atoms with van der Waals surface area (Å²) < 4.78 is 0. The summed E-state index contributed by atoms with van der Waals surface area (Å²) in [5, 5.41) is 12.3. The van der Waals surface area contributed by atoms with Crippen LogP contribution >= 0.6 is 0 Å². The maximum Gasteiger partial charge on any atom is 0.230 e. The van der Waals surface area contributed by atoms with Gasteiger partial charge in [0.1, 0.15) is 0 Å². The molecular weight excluding hydrogens is 366 g/mol. The molecule has 1 unspecified atom stereocenters. The quantitative estimate of drug-likeness (QED) is 0.712. The molecule has 1 N–H and O–H groups in total. The number of rotatable bonds is 4. The molecule has 3 nitrogen and oxygen atoms in total. The van der Waals surface area contributed by atoms with Gasteiger partial charge in [0.2, 0.25) is 5.91 Å². The van der Waals surface area contributed by atoms with Crippen LogP contribution in [0.3, 0.4) is 0 Å². The average Bonchev–Trinajstić information content (AvgIpc) is 2.85. The van der Waals surface area contributed by atoms with Crippen molar-refractivity contribution in [2.45, 2.75) is 56.1 Å². The fourth-order valence-electron chi connectivity index (χ4n) is 4.69. The Hall–Kier alpha value is -1.70. The molecule has 1 saturated heterocycles. The van der Waals surface area contributed by atoms with Gasteiger partial charge in [0.15, 0.2) is 5.72 Å². The zero-order chi connectivity index (χ0) is 20.0. The van der Waals surface area contributed by atoms with Crippen LogP contribution < -0.4 is 4.90 Å². The van der Waals surface area contributed by atoms with Crippen LogP contribution in [0.15, 0.2) is 60.7 Å². The summed E-state index contributed by atoms with van der Waals surface area (Å²) in [4.78, 5) is 15.5. The summed E-state index contributed by atoms with van der Waals surface area (Å²) in [5.41, 5.74) is 0.115. The minimum atomic E-state index is -1.91. The second-order valence-corrected chi connectivity index (χ2v) is 20.5. The largest absolute Gasteiger partial charge is 0.366 e. The number of carbonyl (C=O) groups is 1. The van der Waals surface area contributed by atoms with E-state index < -0.39 is 21.9 Å². The van der Waals surface area contributed by atoms with E-state index in [1.807, 2.05) is 60.7 Å². The normalized spacial score (nSPS) is 26.5. The lowest BCUT2D eigenvalue weighted by Gasteiger charge is -2.44. The van der Waals surface area contributed by atoms with Gasteiger partial charge in [0.05, 0.1) is 16.1 Å². The van der Waals surface area contributed by atoms with Gasteiger partial charge in [-0.25, -0.2) is 0 Å². The van der Waals surface area contributed by atoms with Crippen LogP contribution in [0.5, 0.6) is 0 Å². The fraction of sp³-hybridized carbons (Fsp3) is 0.409. The van der Waals surface area contributed by atoms with E-state index in [1.54, 1.807) is 4.90 Å². The maximum atomic E-state index is 13.8. The van der Waals surface area contributed by atoms with Crippen LogP contribution in [0.4, 0.5) is 5.69 Å². The van der Waals surface area contributed by atoms with Gasteiger partial charge in [-0.05, 0) is 12.1 Å². The number of carbonyl (C=O) groups excluding carboxylic acids is 1. The summed E-state index contributed by atoms with van der Waals surface area (Å²) in [5.74, 6) is 0.0825. The van der Waals surface area contributed by atoms with Gasteiger partial charge >= 0.3 is 0 Å². The number of hydrogen-bond donors (Lipinski definition) is 1. The van der Waals surface area contributed by atoms with Crippen molar-refractivity contribution < 1.29 is 9.90 Å². The Morgan fingerprint density at radius 2 is 1.30 bits per heavy atom. The number of benzene rings is 2. The smallest absolute Gasteiger partial charge is 0.230 e. The van der Waals surface area contributed by atoms with Gasteiger partial charge in [-0.1, -0.05) is 87.8 Å². The van der Waals surface area contributed by atoms with Gasteiger partial charge in [0.25, 0.3) is 0 Å². The van der Waals surface area contributed by atoms with Crippen molar-refractivity contribution in [2.24, 2.45) is 0 Å². The lowest BCUT2D eigenvalue weighted by molar-refractivity contribution is -0.118. The van der Waals surface area contributed by atoms with Crippen molar-refractivity contribution in [3.63, 3.8) is 0 Å². The summed E-state index contributed by atoms with van der Waals surface area (Å²) in [7, 11) is -3.78. The highest BCUT2D eigenvalue weighted by Gasteiger charge is 2.65. The standard InChI is InChI=1S/C22H31NO2Si2/c1-26(2,3)19-20(27(4,5)6)22(25,17-13-9-7-10-14-17)23(21(19)24)18-15-11-8-12-16-18/h7-16,19-20,25H,1-6H3/t19-,20-,22?/m0/s1. The third-order valence-corrected chi connectivity index (χ3v) is 11.1. The number of para-hydroxylation sites is 1. The molecule has 144 valence electrons. The van der Waals surface area contributed by atoms with Crippen LogP contribution in [0.1, 0.15) is 5.56 Å². The number of nitrogens with zero attached hydrogens (tertiary/aromatic N) is 1. The third kappa shape index (κ3) is 3.32. The van der Waals surface area contributed by atoms with Crippen molar-refractivity contribution in [2.75, 3.05) is 4.90 Å². The SMILES string of the molecule is C[Si](C)(C)[C@@H]1C(=O)N(c2ccccc2)C(O)(c2ccccc2)[C@H]1[Si](C)(C)C. The highest BCUT2D eigenvalue weighted by molar-refractivity contribution is 6.86. The number of hydrogen-bond acceptors (Lipinski definition) is 2. The summed E-state index contributed by atoms with van der Waals surface area (Å²) >= 11 is 0. The zero-order valence-corrected chi connectivity index (χ0v) is 19.2. The lowest BCUT2D eigenvalue weighted by Crippen LogP contribution is -2.51. The Kier molecular flexibility index (Phi) is 4.99. The molecule has 0 saturated carbocycles. The molecule has 5 heteroatoms. The minimum absolute atomic E-state index is 0.0632. The van der Waals surface area contributed by atoms with E-state index in [4.69, 9.17) is 0 Å². The van der Waals surface area contributed by atoms with E-state index in [9.17, 15) is 9.90 Å². The molecule has 1 aliphatic rings. The Morgan fingerprint density at radius 3 is 1.74 bits per heavy atom. The fourth-order valence-corrected chi connectivity index (χ4v) is 12.4. The molecule has 1 amide bonds. The number of aliphatic hydroxyl groups is 1. The van der Waals surface area contributed by atoms with E-state index in [0.29, 0.717) is 0 Å². The zero-order valence-electron chi connectivity index (χ0n) is 17.2. The van der Waals surface area contributed by atoms with Crippen LogP contribution in [0.25, 0.3) is 0 Å². The third-order valence-electron chi connectivity index (χ3n) is 5.67. The predicted octanol–water partition coefficient (Wildman–Crippen LogP) is 5.30. The van der Waals surface area contributed by atoms with E-state index >= 15 is 0 Å². The minimum Gasteiger partial charge on any atom is -0.366 e. The van der Waals surface area contributed by atoms with Crippen molar-refractivity contribution in [1.29, 1.82) is 0 Å². The topological polar surface area (TPSA) is 40.5 Å². The molecule has 3 rings (SSSR count). The molecule has 0 spiro atoms.